The van der Waals surface area contributed by atoms with Gasteiger partial charge < -0.3 is 5.11 Å². The van der Waals surface area contributed by atoms with Crippen LogP contribution < -0.4 is 0 Å². The van der Waals surface area contributed by atoms with E-state index < -0.39 is 5.97 Å². The van der Waals surface area contributed by atoms with E-state index in [0.29, 0.717) is 12.3 Å². The summed E-state index contributed by atoms with van der Waals surface area (Å²) in [7, 11) is 0. The number of hydrogen-bond acceptors (Lipinski definition) is 3. The summed E-state index contributed by atoms with van der Waals surface area (Å²) < 4.78 is 2.07. The Hall–Kier alpha value is -1.36. The predicted octanol–water partition coefficient (Wildman–Crippen LogP) is 3.07. The highest BCUT2D eigenvalue weighted by atomic mass is 32.1. The molecule has 0 atom stereocenters. The number of aryl methyl sites for hydroxylation is 1. The molecule has 2 heterocycles. The Morgan fingerprint density at radius 3 is 3.00 bits per heavy atom. The molecule has 0 unspecified atom stereocenters. The molecule has 2 aromatic rings. The van der Waals surface area contributed by atoms with Gasteiger partial charge in [-0.3, -0.25) is 9.20 Å². The average Bonchev–Trinajstić information content (AvgIpc) is 3.02. The van der Waals surface area contributed by atoms with E-state index in [4.69, 9.17) is 5.11 Å². The zero-order chi connectivity index (χ0) is 12.5. The SMILES string of the molecule is O=C(O)CCc1csc2nc(C3CCCC3)cn12. The standard InChI is InChI=1S/C13H16N2O2S/c16-12(17)6-5-10-8-18-13-14-11(7-15(10)13)9-3-1-2-4-9/h7-9H,1-6H2,(H,16,17). The van der Waals surface area contributed by atoms with Gasteiger partial charge in [0.15, 0.2) is 4.96 Å². The average molecular weight is 264 g/mol. The zero-order valence-corrected chi connectivity index (χ0v) is 10.9. The Morgan fingerprint density at radius 1 is 1.50 bits per heavy atom. The highest BCUT2D eigenvalue weighted by molar-refractivity contribution is 7.15. The highest BCUT2D eigenvalue weighted by Crippen LogP contribution is 2.34. The number of imidazole rings is 1. The molecule has 5 heteroatoms. The normalized spacial score (nSPS) is 16.7. The lowest BCUT2D eigenvalue weighted by molar-refractivity contribution is -0.136. The van der Waals surface area contributed by atoms with Crippen LogP contribution in [0.15, 0.2) is 11.6 Å². The molecule has 1 N–H and O–H groups in total. The Kier molecular flexibility index (Phi) is 3.07. The minimum absolute atomic E-state index is 0.183. The molecule has 0 radical (unpaired) electrons. The summed E-state index contributed by atoms with van der Waals surface area (Å²) in [6.45, 7) is 0. The fourth-order valence-corrected chi connectivity index (χ4v) is 3.59. The lowest BCUT2D eigenvalue weighted by Gasteiger charge is -2.02. The molecule has 1 saturated carbocycles. The summed E-state index contributed by atoms with van der Waals surface area (Å²) in [5.41, 5.74) is 2.25. The van der Waals surface area contributed by atoms with Gasteiger partial charge in [0.25, 0.3) is 0 Å². The molecule has 3 rings (SSSR count). The van der Waals surface area contributed by atoms with Gasteiger partial charge in [0.1, 0.15) is 0 Å². The van der Waals surface area contributed by atoms with Gasteiger partial charge in [0.05, 0.1) is 12.1 Å². The van der Waals surface area contributed by atoms with Gasteiger partial charge in [0, 0.05) is 23.2 Å². The molecule has 0 spiro atoms. The molecular weight excluding hydrogens is 248 g/mol. The van der Waals surface area contributed by atoms with Crippen LogP contribution in [0, 0.1) is 0 Å². The Bertz CT molecular complexity index is 567. The lowest BCUT2D eigenvalue weighted by atomic mass is 10.1. The molecule has 0 amide bonds. The second-order valence-corrected chi connectivity index (χ2v) is 5.76. The van der Waals surface area contributed by atoms with Crippen molar-refractivity contribution >= 4 is 22.3 Å². The number of thiazole rings is 1. The van der Waals surface area contributed by atoms with Gasteiger partial charge in [-0.2, -0.15) is 0 Å². The molecule has 0 saturated heterocycles. The third-order valence-electron chi connectivity index (χ3n) is 3.67. The number of aliphatic carboxylic acids is 1. The second kappa shape index (κ2) is 4.72. The van der Waals surface area contributed by atoms with E-state index >= 15 is 0 Å². The number of nitrogens with zero attached hydrogens (tertiary/aromatic N) is 2. The largest absolute Gasteiger partial charge is 0.481 e. The second-order valence-electron chi connectivity index (χ2n) is 4.92. The maximum absolute atomic E-state index is 10.6. The quantitative estimate of drug-likeness (QED) is 0.923. The van der Waals surface area contributed by atoms with Gasteiger partial charge in [-0.15, -0.1) is 11.3 Å². The number of rotatable bonds is 4. The zero-order valence-electron chi connectivity index (χ0n) is 10.1. The van der Waals surface area contributed by atoms with Crippen LogP contribution in [0.1, 0.15) is 49.4 Å². The van der Waals surface area contributed by atoms with Crippen molar-refractivity contribution in [3.05, 3.63) is 23.0 Å². The number of fused-ring (bicyclic) bond motifs is 1. The fourth-order valence-electron chi connectivity index (χ4n) is 2.68. The van der Waals surface area contributed by atoms with Crippen LogP contribution in [0.3, 0.4) is 0 Å². The van der Waals surface area contributed by atoms with Crippen molar-refractivity contribution in [2.75, 3.05) is 0 Å². The molecular formula is C13H16N2O2S. The van der Waals surface area contributed by atoms with Crippen molar-refractivity contribution in [3.63, 3.8) is 0 Å². The molecule has 0 bridgehead atoms. The Morgan fingerprint density at radius 2 is 2.28 bits per heavy atom. The van der Waals surface area contributed by atoms with Crippen molar-refractivity contribution in [1.29, 1.82) is 0 Å². The first-order valence-corrected chi connectivity index (χ1v) is 7.29. The van der Waals surface area contributed by atoms with E-state index in [9.17, 15) is 4.79 Å². The summed E-state index contributed by atoms with van der Waals surface area (Å²) in [6, 6.07) is 0. The first kappa shape index (κ1) is 11.7. The molecule has 0 aliphatic heterocycles. The molecule has 4 nitrogen and oxygen atoms in total. The third kappa shape index (κ3) is 2.14. The summed E-state index contributed by atoms with van der Waals surface area (Å²) >= 11 is 1.60. The van der Waals surface area contributed by atoms with E-state index in [1.54, 1.807) is 11.3 Å². The van der Waals surface area contributed by atoms with Crippen molar-refractivity contribution < 1.29 is 9.90 Å². The van der Waals surface area contributed by atoms with E-state index in [0.717, 1.165) is 10.7 Å². The maximum Gasteiger partial charge on any atom is 0.303 e. The first-order chi connectivity index (χ1) is 8.74. The highest BCUT2D eigenvalue weighted by Gasteiger charge is 2.20. The molecule has 1 aliphatic carbocycles. The monoisotopic (exact) mass is 264 g/mol. The van der Waals surface area contributed by atoms with Crippen LogP contribution in [-0.2, 0) is 11.2 Å². The van der Waals surface area contributed by atoms with E-state index in [-0.39, 0.29) is 6.42 Å². The Balaban J connectivity index is 1.85. The van der Waals surface area contributed by atoms with Crippen molar-refractivity contribution in [1.82, 2.24) is 9.38 Å². The number of aromatic nitrogens is 2. The van der Waals surface area contributed by atoms with E-state index in [1.807, 2.05) is 5.38 Å². The van der Waals surface area contributed by atoms with Crippen LogP contribution >= 0.6 is 11.3 Å². The summed E-state index contributed by atoms with van der Waals surface area (Å²) in [5.74, 6) is -0.130. The smallest absolute Gasteiger partial charge is 0.303 e. The summed E-state index contributed by atoms with van der Waals surface area (Å²) in [4.78, 5) is 16.3. The van der Waals surface area contributed by atoms with Crippen molar-refractivity contribution in [3.8, 4) is 0 Å². The van der Waals surface area contributed by atoms with Gasteiger partial charge in [-0.1, -0.05) is 12.8 Å². The number of carbonyl (C=O) groups is 1. The minimum Gasteiger partial charge on any atom is -0.481 e. The number of carboxylic acids is 1. The topological polar surface area (TPSA) is 54.6 Å². The van der Waals surface area contributed by atoms with Crippen LogP contribution in [0.5, 0.6) is 0 Å². The van der Waals surface area contributed by atoms with Gasteiger partial charge in [-0.05, 0) is 19.3 Å². The Labute approximate surface area is 109 Å². The summed E-state index contributed by atoms with van der Waals surface area (Å²) in [5, 5.41) is 10.8. The van der Waals surface area contributed by atoms with Crippen molar-refractivity contribution in [2.45, 2.75) is 44.4 Å². The van der Waals surface area contributed by atoms with E-state index in [1.165, 1.54) is 31.4 Å². The molecule has 0 aromatic carbocycles. The summed E-state index contributed by atoms with van der Waals surface area (Å²) in [6.07, 6.45) is 7.98. The molecule has 96 valence electrons. The molecule has 1 fully saturated rings. The third-order valence-corrected chi connectivity index (χ3v) is 4.56. The van der Waals surface area contributed by atoms with Gasteiger partial charge >= 0.3 is 5.97 Å². The first-order valence-electron chi connectivity index (χ1n) is 6.41. The minimum atomic E-state index is -0.745. The fraction of sp³-hybridized carbons (Fsp3) is 0.538. The molecule has 1 aliphatic rings. The van der Waals surface area contributed by atoms with E-state index in [2.05, 4.69) is 15.6 Å². The van der Waals surface area contributed by atoms with Gasteiger partial charge in [-0.25, -0.2) is 4.98 Å². The number of carboxylic acid groups (broad SMARTS) is 1. The van der Waals surface area contributed by atoms with Gasteiger partial charge in [0.2, 0.25) is 0 Å². The maximum atomic E-state index is 10.6. The lowest BCUT2D eigenvalue weighted by Crippen LogP contribution is -1.99. The van der Waals surface area contributed by atoms with Crippen LogP contribution in [0.4, 0.5) is 0 Å². The number of hydrogen-bond donors (Lipinski definition) is 1. The van der Waals surface area contributed by atoms with Crippen LogP contribution in [0.2, 0.25) is 0 Å². The molecule has 18 heavy (non-hydrogen) atoms. The predicted molar refractivity (Wildman–Crippen MR) is 70.2 cm³/mol. The van der Waals surface area contributed by atoms with Crippen LogP contribution in [-0.4, -0.2) is 20.5 Å². The van der Waals surface area contributed by atoms with Crippen molar-refractivity contribution in [2.24, 2.45) is 0 Å². The molecule has 2 aromatic heterocycles. The van der Waals surface area contributed by atoms with Crippen LogP contribution in [0.25, 0.3) is 4.96 Å².